The first-order chi connectivity index (χ1) is 4.21. The van der Waals surface area contributed by atoms with E-state index in [0.29, 0.717) is 0 Å². The van der Waals surface area contributed by atoms with Crippen LogP contribution in [0, 0.1) is 0 Å². The molecule has 0 aliphatic carbocycles. The topological polar surface area (TPSA) is 26.3 Å². The van der Waals surface area contributed by atoms with Crippen molar-refractivity contribution in [3.05, 3.63) is 0 Å². The van der Waals surface area contributed by atoms with Crippen LogP contribution in [-0.2, 0) is 9.09 Å². The van der Waals surface area contributed by atoms with Crippen molar-refractivity contribution in [1.82, 2.24) is 0 Å². The molecule has 0 aliphatic heterocycles. The summed E-state index contributed by atoms with van der Waals surface area (Å²) in [6, 6.07) is 0. The highest BCUT2D eigenvalue weighted by atomic mass is 35.7. The number of rotatable bonds is 2. The Morgan fingerprint density at radius 1 is 1.60 bits per heavy atom. The van der Waals surface area contributed by atoms with Gasteiger partial charge in [-0.15, -0.1) is 0 Å². The third kappa shape index (κ3) is 8.27. The van der Waals surface area contributed by atoms with Crippen molar-refractivity contribution in [2.75, 3.05) is 13.3 Å². The van der Waals surface area contributed by atoms with Crippen molar-refractivity contribution >= 4 is 18.0 Å². The number of halogens is 4. The zero-order valence-corrected chi connectivity index (χ0v) is 6.63. The Labute approximate surface area is 60.6 Å². The average Bonchev–Trinajstić information content (AvgIpc) is 1.57. The van der Waals surface area contributed by atoms with Gasteiger partial charge in [0.05, 0.1) is 0 Å². The van der Waals surface area contributed by atoms with Gasteiger partial charge in [0.15, 0.2) is 6.61 Å². The van der Waals surface area contributed by atoms with E-state index in [9.17, 15) is 17.7 Å². The second kappa shape index (κ2) is 3.11. The molecule has 0 radical (unpaired) electrons. The number of alkyl halides is 3. The van der Waals surface area contributed by atoms with Gasteiger partial charge < -0.3 is 4.52 Å². The molecule has 0 aromatic rings. The molecular weight excluding hydrogens is 191 g/mol. The maximum Gasteiger partial charge on any atom is 0.412 e. The predicted molar refractivity (Wildman–Crippen MR) is 31.4 cm³/mol. The molecule has 2 nitrogen and oxygen atoms in total. The van der Waals surface area contributed by atoms with E-state index in [-0.39, 0.29) is 0 Å². The first-order valence-electron chi connectivity index (χ1n) is 2.19. The fourth-order valence-corrected chi connectivity index (χ4v) is 0.712. The molecule has 0 aromatic carbocycles. The first-order valence-corrected chi connectivity index (χ1v) is 5.17. The Kier molecular flexibility index (Phi) is 3.20. The van der Waals surface area contributed by atoms with E-state index in [1.807, 2.05) is 0 Å². The third-order valence-electron chi connectivity index (χ3n) is 0.459. The van der Waals surface area contributed by atoms with Gasteiger partial charge in [0.25, 0.3) is 6.72 Å². The summed E-state index contributed by atoms with van der Waals surface area (Å²) in [7, 11) is 0. The quantitative estimate of drug-likeness (QED) is 0.635. The third-order valence-corrected chi connectivity index (χ3v) is 1.34. The first kappa shape index (κ1) is 10.3. The van der Waals surface area contributed by atoms with Crippen molar-refractivity contribution in [1.29, 1.82) is 0 Å². The van der Waals surface area contributed by atoms with Gasteiger partial charge in [0.1, 0.15) is 0 Å². The second-order valence-corrected chi connectivity index (χ2v) is 5.23. The highest BCUT2D eigenvalue weighted by Gasteiger charge is 2.30. The van der Waals surface area contributed by atoms with Gasteiger partial charge in [0.2, 0.25) is 0 Å². The van der Waals surface area contributed by atoms with Crippen LogP contribution in [-0.4, -0.2) is 19.4 Å². The summed E-state index contributed by atoms with van der Waals surface area (Å²) in [5.41, 5.74) is 0. The van der Waals surface area contributed by atoms with Crippen LogP contribution in [0.15, 0.2) is 0 Å². The Bertz CT molecular complexity index is 150. The van der Waals surface area contributed by atoms with Crippen LogP contribution >= 0.6 is 18.0 Å². The Morgan fingerprint density at radius 2 is 2.00 bits per heavy atom. The lowest BCUT2D eigenvalue weighted by atomic mass is 10.7. The smallest absolute Gasteiger partial charge is 0.308 e. The van der Waals surface area contributed by atoms with Crippen LogP contribution < -0.4 is 0 Å². The van der Waals surface area contributed by atoms with E-state index in [4.69, 9.17) is 11.2 Å². The highest BCUT2D eigenvalue weighted by Crippen LogP contribution is 2.48. The SMILES string of the molecule is CP(=O)(Cl)OCC(F)(F)F. The zero-order chi connectivity index (χ0) is 8.41. The molecule has 0 N–H and O–H groups in total. The van der Waals surface area contributed by atoms with Crippen molar-refractivity contribution in [3.8, 4) is 0 Å². The molecule has 0 amide bonds. The molecule has 62 valence electrons. The molecule has 1 unspecified atom stereocenters. The lowest BCUT2D eigenvalue weighted by Crippen LogP contribution is -2.14. The Morgan fingerprint density at radius 3 is 2.10 bits per heavy atom. The molecule has 1 atom stereocenters. The normalized spacial score (nSPS) is 18.5. The van der Waals surface area contributed by atoms with Crippen molar-refractivity contribution in [2.45, 2.75) is 6.18 Å². The molecule has 0 bridgehead atoms. The van der Waals surface area contributed by atoms with Crippen LogP contribution in [0.2, 0.25) is 0 Å². The molecule has 7 heteroatoms. The minimum absolute atomic E-state index is 0.903. The average molecular weight is 196 g/mol. The van der Waals surface area contributed by atoms with Crippen LogP contribution in [0.25, 0.3) is 0 Å². The molecule has 0 rings (SSSR count). The van der Waals surface area contributed by atoms with E-state index in [2.05, 4.69) is 4.52 Å². The Balaban J connectivity index is 3.67. The Hall–Kier alpha value is 0.270. The molecule has 0 fully saturated rings. The van der Waals surface area contributed by atoms with Gasteiger partial charge in [-0.25, -0.2) is 0 Å². The van der Waals surface area contributed by atoms with Crippen LogP contribution in [0.1, 0.15) is 0 Å². The van der Waals surface area contributed by atoms with Crippen LogP contribution in [0.4, 0.5) is 13.2 Å². The summed E-state index contributed by atoms with van der Waals surface area (Å²) >= 11 is 4.87. The zero-order valence-electron chi connectivity index (χ0n) is 4.98. The number of hydrogen-bond donors (Lipinski definition) is 0. The van der Waals surface area contributed by atoms with Crippen molar-refractivity contribution in [2.24, 2.45) is 0 Å². The molecule has 0 heterocycles. The largest absolute Gasteiger partial charge is 0.412 e. The summed E-state index contributed by atoms with van der Waals surface area (Å²) in [5, 5.41) is 0. The second-order valence-electron chi connectivity index (χ2n) is 1.64. The summed E-state index contributed by atoms with van der Waals surface area (Å²) in [6.07, 6.45) is -4.47. The molecule has 0 aromatic heterocycles. The maximum absolute atomic E-state index is 11.3. The van der Waals surface area contributed by atoms with Crippen LogP contribution in [0.3, 0.4) is 0 Å². The van der Waals surface area contributed by atoms with Gasteiger partial charge >= 0.3 is 6.18 Å². The van der Waals surface area contributed by atoms with Gasteiger partial charge in [-0.1, -0.05) is 0 Å². The molecule has 0 saturated heterocycles. The maximum atomic E-state index is 11.3. The van der Waals surface area contributed by atoms with E-state index < -0.39 is 19.5 Å². The summed E-state index contributed by atoms with van der Waals surface area (Å²) in [4.78, 5) is 0. The summed E-state index contributed by atoms with van der Waals surface area (Å²) < 4.78 is 47.9. The van der Waals surface area contributed by atoms with Crippen molar-refractivity contribution in [3.63, 3.8) is 0 Å². The van der Waals surface area contributed by atoms with Gasteiger partial charge in [-0.3, -0.25) is 4.57 Å². The standard InChI is InChI=1S/C3H5ClF3O2P/c1-10(4,8)9-2-3(5,6)7/h2H2,1H3. The minimum Gasteiger partial charge on any atom is -0.308 e. The molecule has 0 spiro atoms. The lowest BCUT2D eigenvalue weighted by molar-refractivity contribution is -0.152. The fourth-order valence-electron chi connectivity index (χ4n) is 0.188. The van der Waals surface area contributed by atoms with E-state index >= 15 is 0 Å². The molecular formula is C3H5ClF3O2P. The molecule has 10 heavy (non-hydrogen) atoms. The highest BCUT2D eigenvalue weighted by molar-refractivity contribution is 7.84. The summed E-state index contributed by atoms with van der Waals surface area (Å²) in [5.74, 6) is 0. The van der Waals surface area contributed by atoms with E-state index in [0.717, 1.165) is 6.66 Å². The molecule has 0 aliphatic rings. The van der Waals surface area contributed by atoms with Crippen molar-refractivity contribution < 1.29 is 22.3 Å². The van der Waals surface area contributed by atoms with Crippen LogP contribution in [0.5, 0.6) is 0 Å². The lowest BCUT2D eigenvalue weighted by Gasteiger charge is -2.08. The fraction of sp³-hybridized carbons (Fsp3) is 1.00. The predicted octanol–water partition coefficient (Wildman–Crippen LogP) is 2.63. The van der Waals surface area contributed by atoms with Gasteiger partial charge in [0, 0.05) is 6.66 Å². The monoisotopic (exact) mass is 196 g/mol. The van der Waals surface area contributed by atoms with E-state index in [1.54, 1.807) is 0 Å². The molecule has 0 saturated carbocycles. The number of hydrogen-bond acceptors (Lipinski definition) is 2. The summed E-state index contributed by atoms with van der Waals surface area (Å²) in [6.45, 7) is -4.17. The van der Waals surface area contributed by atoms with E-state index in [1.165, 1.54) is 0 Å². The van der Waals surface area contributed by atoms with Gasteiger partial charge in [-0.05, 0) is 11.2 Å². The van der Waals surface area contributed by atoms with Gasteiger partial charge in [-0.2, -0.15) is 13.2 Å². The minimum atomic E-state index is -4.47.